The summed E-state index contributed by atoms with van der Waals surface area (Å²) in [5, 5.41) is 0. The van der Waals surface area contributed by atoms with Gasteiger partial charge in [0.15, 0.2) is 0 Å². The van der Waals surface area contributed by atoms with Crippen LogP contribution in [0.3, 0.4) is 0 Å². The minimum absolute atomic E-state index is 0.0220. The van der Waals surface area contributed by atoms with Gasteiger partial charge in [0.25, 0.3) is 0 Å². The molecule has 2 aliphatic rings. The number of sulfonamides is 1. The van der Waals surface area contributed by atoms with E-state index in [-0.39, 0.29) is 36.3 Å². The summed E-state index contributed by atoms with van der Waals surface area (Å²) >= 11 is 0. The van der Waals surface area contributed by atoms with E-state index in [1.165, 1.54) is 9.21 Å². The van der Waals surface area contributed by atoms with Crippen molar-refractivity contribution >= 4 is 22.0 Å². The molecule has 0 unspecified atom stereocenters. The van der Waals surface area contributed by atoms with Gasteiger partial charge in [-0.25, -0.2) is 13.2 Å². The van der Waals surface area contributed by atoms with Crippen molar-refractivity contribution in [2.45, 2.75) is 11.3 Å². The number of likely N-dealkylation sites (tertiary alicyclic amines) is 1. The van der Waals surface area contributed by atoms with Crippen LogP contribution < -0.4 is 0 Å². The summed E-state index contributed by atoms with van der Waals surface area (Å²) in [4.78, 5) is 29.8. The third kappa shape index (κ3) is 3.79. The molecule has 9 heteroatoms. The van der Waals surface area contributed by atoms with Crippen LogP contribution >= 0.6 is 0 Å². The normalized spacial score (nSPS) is 24.3. The molecule has 0 aliphatic carbocycles. The molecular weight excluding hydrogens is 368 g/mol. The highest BCUT2D eigenvalue weighted by atomic mass is 32.2. The number of hydrogen-bond acceptors (Lipinski definition) is 4. The van der Waals surface area contributed by atoms with E-state index < -0.39 is 15.4 Å². The molecular formula is C18H26N4O4S. The van der Waals surface area contributed by atoms with E-state index in [0.29, 0.717) is 19.6 Å². The van der Waals surface area contributed by atoms with Gasteiger partial charge < -0.3 is 14.7 Å². The second-order valence-corrected chi connectivity index (χ2v) is 9.61. The molecule has 2 fully saturated rings. The van der Waals surface area contributed by atoms with Crippen molar-refractivity contribution in [2.24, 2.45) is 5.41 Å². The van der Waals surface area contributed by atoms with Crippen LogP contribution in [0.1, 0.15) is 6.42 Å². The van der Waals surface area contributed by atoms with Gasteiger partial charge in [-0.2, -0.15) is 4.31 Å². The second-order valence-electron chi connectivity index (χ2n) is 7.68. The van der Waals surface area contributed by atoms with Gasteiger partial charge in [-0.15, -0.1) is 0 Å². The number of amides is 3. The molecule has 0 bridgehead atoms. The topological polar surface area (TPSA) is 81.2 Å². The van der Waals surface area contributed by atoms with E-state index in [0.717, 1.165) is 0 Å². The van der Waals surface area contributed by atoms with Crippen LogP contribution in [0.25, 0.3) is 0 Å². The van der Waals surface area contributed by atoms with Gasteiger partial charge in [-0.3, -0.25) is 4.79 Å². The monoisotopic (exact) mass is 394 g/mol. The lowest BCUT2D eigenvalue weighted by atomic mass is 9.86. The van der Waals surface area contributed by atoms with Crippen molar-refractivity contribution in [2.75, 3.05) is 53.9 Å². The van der Waals surface area contributed by atoms with Crippen LogP contribution in [0.15, 0.2) is 35.2 Å². The van der Waals surface area contributed by atoms with Gasteiger partial charge in [-0.05, 0) is 12.1 Å². The Morgan fingerprint density at radius 1 is 1.07 bits per heavy atom. The van der Waals surface area contributed by atoms with Gasteiger partial charge in [0.2, 0.25) is 15.9 Å². The Hall–Kier alpha value is -2.13. The van der Waals surface area contributed by atoms with Crippen molar-refractivity contribution < 1.29 is 18.0 Å². The molecule has 1 aromatic carbocycles. The predicted octanol–water partition coefficient (Wildman–Crippen LogP) is 0.523. The highest BCUT2D eigenvalue weighted by molar-refractivity contribution is 7.89. The molecule has 0 saturated carbocycles. The maximum atomic E-state index is 13.2. The molecule has 0 radical (unpaired) electrons. The van der Waals surface area contributed by atoms with Crippen molar-refractivity contribution in [1.82, 2.24) is 19.0 Å². The molecule has 1 spiro atoms. The minimum Gasteiger partial charge on any atom is -0.345 e. The second kappa shape index (κ2) is 7.12. The Morgan fingerprint density at radius 2 is 1.74 bits per heavy atom. The fraction of sp³-hybridized carbons (Fsp3) is 0.556. The molecule has 3 amide bonds. The Kier molecular flexibility index (Phi) is 5.18. The van der Waals surface area contributed by atoms with Gasteiger partial charge in [0.05, 0.1) is 4.90 Å². The first-order chi connectivity index (χ1) is 12.6. The number of benzene rings is 1. The molecule has 1 aromatic rings. The lowest BCUT2D eigenvalue weighted by Crippen LogP contribution is -2.47. The average Bonchev–Trinajstić information content (AvgIpc) is 2.79. The van der Waals surface area contributed by atoms with Gasteiger partial charge in [0.1, 0.15) is 0 Å². The van der Waals surface area contributed by atoms with Crippen LogP contribution in [0, 0.1) is 5.41 Å². The molecule has 3 rings (SSSR count). The highest BCUT2D eigenvalue weighted by Gasteiger charge is 2.48. The predicted molar refractivity (Wildman–Crippen MR) is 101 cm³/mol. The SMILES string of the molecule is CN(C)C(=O)N1CCN(S(=O)(=O)c2ccccc2)C[C@]2(CC(=O)N(C)C2)C1. The van der Waals surface area contributed by atoms with Crippen LogP contribution in [0.4, 0.5) is 4.79 Å². The largest absolute Gasteiger partial charge is 0.345 e. The van der Waals surface area contributed by atoms with Crippen molar-refractivity contribution in [3.63, 3.8) is 0 Å². The maximum Gasteiger partial charge on any atom is 0.319 e. The number of rotatable bonds is 2. The Labute approximate surface area is 160 Å². The first-order valence-electron chi connectivity index (χ1n) is 8.90. The Bertz CT molecular complexity index is 827. The van der Waals surface area contributed by atoms with E-state index >= 15 is 0 Å². The lowest BCUT2D eigenvalue weighted by molar-refractivity contribution is -0.126. The first-order valence-corrected chi connectivity index (χ1v) is 10.3. The first kappa shape index (κ1) is 19.6. The molecule has 0 aromatic heterocycles. The number of nitrogens with zero attached hydrogens (tertiary/aromatic N) is 4. The fourth-order valence-electron chi connectivity index (χ4n) is 3.93. The summed E-state index contributed by atoms with van der Waals surface area (Å²) in [5.74, 6) is -0.0220. The van der Waals surface area contributed by atoms with Crippen molar-refractivity contribution in [1.29, 1.82) is 0 Å². The summed E-state index contributed by atoms with van der Waals surface area (Å²) in [5.41, 5.74) is -0.601. The zero-order valence-corrected chi connectivity index (χ0v) is 16.8. The van der Waals surface area contributed by atoms with E-state index in [1.54, 1.807) is 61.3 Å². The summed E-state index contributed by atoms with van der Waals surface area (Å²) in [7, 11) is 1.36. The number of hydrogen-bond donors (Lipinski definition) is 0. The summed E-state index contributed by atoms with van der Waals surface area (Å²) in [6.45, 7) is 1.52. The molecule has 2 saturated heterocycles. The van der Waals surface area contributed by atoms with Crippen LogP contribution in [-0.2, 0) is 14.8 Å². The Balaban J connectivity index is 1.96. The number of urea groups is 1. The zero-order chi connectivity index (χ0) is 19.8. The van der Waals surface area contributed by atoms with E-state index in [9.17, 15) is 18.0 Å². The standard InChI is InChI=1S/C18H26N4O4S/c1-19(2)17(24)21-9-10-22(27(25,26)15-7-5-4-6-8-15)14-18(13-21)11-16(23)20(3)12-18/h4-8H,9-14H2,1-3H3/t18-/m0/s1. The number of carbonyl (C=O) groups excluding carboxylic acids is 2. The van der Waals surface area contributed by atoms with E-state index in [1.807, 2.05) is 0 Å². The third-order valence-corrected chi connectivity index (χ3v) is 7.08. The van der Waals surface area contributed by atoms with Crippen molar-refractivity contribution in [3.05, 3.63) is 30.3 Å². The summed E-state index contributed by atoms with van der Waals surface area (Å²) in [6.07, 6.45) is 0.238. The van der Waals surface area contributed by atoms with Gasteiger partial charge in [-0.1, -0.05) is 18.2 Å². The molecule has 1 atom stereocenters. The van der Waals surface area contributed by atoms with Crippen molar-refractivity contribution in [3.8, 4) is 0 Å². The van der Waals surface area contributed by atoms with Gasteiger partial charge in [0, 0.05) is 65.7 Å². The van der Waals surface area contributed by atoms with E-state index in [4.69, 9.17) is 0 Å². The third-order valence-electron chi connectivity index (χ3n) is 5.22. The quantitative estimate of drug-likeness (QED) is 0.733. The fourth-order valence-corrected chi connectivity index (χ4v) is 5.49. The maximum absolute atomic E-state index is 13.2. The molecule has 2 heterocycles. The number of carbonyl (C=O) groups is 2. The molecule has 27 heavy (non-hydrogen) atoms. The van der Waals surface area contributed by atoms with Gasteiger partial charge >= 0.3 is 6.03 Å². The summed E-state index contributed by atoms with van der Waals surface area (Å²) < 4.78 is 27.8. The van der Waals surface area contributed by atoms with Crippen LogP contribution in [-0.4, -0.2) is 93.2 Å². The van der Waals surface area contributed by atoms with E-state index in [2.05, 4.69) is 0 Å². The minimum atomic E-state index is -3.70. The molecule has 148 valence electrons. The average molecular weight is 394 g/mol. The van der Waals surface area contributed by atoms with Crippen LogP contribution in [0.2, 0.25) is 0 Å². The molecule has 8 nitrogen and oxygen atoms in total. The van der Waals surface area contributed by atoms with Crippen LogP contribution in [0.5, 0.6) is 0 Å². The zero-order valence-electron chi connectivity index (χ0n) is 16.0. The Morgan fingerprint density at radius 3 is 2.30 bits per heavy atom. The summed E-state index contributed by atoms with van der Waals surface area (Å²) in [6, 6.07) is 8.12. The molecule has 0 N–H and O–H groups in total. The molecule has 2 aliphatic heterocycles. The lowest BCUT2D eigenvalue weighted by Gasteiger charge is -2.33. The highest BCUT2D eigenvalue weighted by Crippen LogP contribution is 2.36. The smallest absolute Gasteiger partial charge is 0.319 e.